The van der Waals surface area contributed by atoms with Gasteiger partial charge < -0.3 is 9.47 Å². The summed E-state index contributed by atoms with van der Waals surface area (Å²) in [6.07, 6.45) is 18.2. The Morgan fingerprint density at radius 2 is 1.12 bits per heavy atom. The van der Waals surface area contributed by atoms with E-state index >= 15 is 0 Å². The molecule has 0 aromatic heterocycles. The van der Waals surface area contributed by atoms with Crippen molar-refractivity contribution >= 4 is 0 Å². The third-order valence-corrected chi connectivity index (χ3v) is 6.36. The predicted octanol–water partition coefficient (Wildman–Crippen LogP) is 9.23. The van der Waals surface area contributed by atoms with Crippen molar-refractivity contribution in [2.45, 2.75) is 89.9 Å². The Morgan fingerprint density at radius 1 is 0.676 bits per heavy atom. The summed E-state index contributed by atoms with van der Waals surface area (Å²) < 4.78 is 11.0. The molecule has 0 saturated heterocycles. The predicted molar refractivity (Wildman–Crippen MR) is 143 cm³/mol. The lowest BCUT2D eigenvalue weighted by atomic mass is 10.0. The van der Waals surface area contributed by atoms with Crippen molar-refractivity contribution in [1.29, 1.82) is 5.26 Å². The van der Waals surface area contributed by atoms with Crippen LogP contribution in [-0.2, 0) is 4.74 Å². The van der Waals surface area contributed by atoms with Gasteiger partial charge in [-0.1, -0.05) is 101 Å². The van der Waals surface area contributed by atoms with Crippen molar-refractivity contribution in [2.75, 3.05) is 13.7 Å². The molecule has 0 spiro atoms. The van der Waals surface area contributed by atoms with Crippen LogP contribution in [-0.4, -0.2) is 13.7 Å². The number of allylic oxidation sites excluding steroid dienone is 1. The van der Waals surface area contributed by atoms with Crippen LogP contribution in [0, 0.1) is 11.3 Å². The van der Waals surface area contributed by atoms with Crippen LogP contribution in [0.1, 0.15) is 95.5 Å². The smallest absolute Gasteiger partial charge is 0.119 e. The molecule has 0 bridgehead atoms. The van der Waals surface area contributed by atoms with Gasteiger partial charge in [-0.3, -0.25) is 0 Å². The zero-order chi connectivity index (χ0) is 24.3. The molecule has 3 heteroatoms. The first-order chi connectivity index (χ1) is 16.7. The van der Waals surface area contributed by atoms with Gasteiger partial charge in [-0.25, -0.2) is 0 Å². The van der Waals surface area contributed by atoms with Gasteiger partial charge in [-0.05, 0) is 48.2 Å². The summed E-state index contributed by atoms with van der Waals surface area (Å²) in [5.41, 5.74) is 2.94. The van der Waals surface area contributed by atoms with Crippen molar-refractivity contribution < 1.29 is 9.47 Å². The minimum atomic E-state index is 0.687. The summed E-state index contributed by atoms with van der Waals surface area (Å²) in [7, 11) is 1.71. The van der Waals surface area contributed by atoms with E-state index < -0.39 is 0 Å². The van der Waals surface area contributed by atoms with E-state index in [1.54, 1.807) is 7.11 Å². The number of unbranched alkanes of at least 4 members (excludes halogenated alkanes) is 12. The second-order valence-electron chi connectivity index (χ2n) is 9.15. The minimum absolute atomic E-state index is 0.687. The maximum atomic E-state index is 8.91. The average Bonchev–Trinajstić information content (AvgIpc) is 2.88. The Balaban J connectivity index is 1.39. The molecule has 0 saturated carbocycles. The topological polar surface area (TPSA) is 42.2 Å². The summed E-state index contributed by atoms with van der Waals surface area (Å²) in [4.78, 5) is 0. The second-order valence-corrected chi connectivity index (χ2v) is 9.15. The molecule has 0 amide bonds. The minimum Gasteiger partial charge on any atom is -0.502 e. The molecule has 2 aromatic rings. The molecule has 0 N–H and O–H groups in total. The van der Waals surface area contributed by atoms with Crippen molar-refractivity contribution in [3.63, 3.8) is 0 Å². The lowest BCUT2D eigenvalue weighted by Gasteiger charge is -2.08. The number of nitriles is 1. The van der Waals surface area contributed by atoms with Gasteiger partial charge in [0.1, 0.15) is 5.75 Å². The highest BCUT2D eigenvalue weighted by atomic mass is 16.5. The number of hydrogen-bond acceptors (Lipinski definition) is 3. The number of hydrogen-bond donors (Lipinski definition) is 0. The van der Waals surface area contributed by atoms with Crippen LogP contribution in [0.15, 0.2) is 60.9 Å². The first-order valence-corrected chi connectivity index (χ1v) is 13.2. The largest absolute Gasteiger partial charge is 0.502 e. The molecule has 2 rings (SSSR count). The molecule has 0 fully saturated rings. The van der Waals surface area contributed by atoms with E-state index in [0.29, 0.717) is 5.56 Å². The van der Waals surface area contributed by atoms with Gasteiger partial charge in [0.2, 0.25) is 0 Å². The van der Waals surface area contributed by atoms with E-state index in [2.05, 4.69) is 24.8 Å². The van der Waals surface area contributed by atoms with Crippen LogP contribution in [0.25, 0.3) is 11.1 Å². The molecular weight excluding hydrogens is 418 g/mol. The fraction of sp³-hybridized carbons (Fsp3) is 0.516. The summed E-state index contributed by atoms with van der Waals surface area (Å²) >= 11 is 0. The molecule has 184 valence electrons. The first-order valence-electron chi connectivity index (χ1n) is 13.2. The summed E-state index contributed by atoms with van der Waals surface area (Å²) in [5.74, 6) is 1.84. The van der Waals surface area contributed by atoms with Crippen LogP contribution < -0.4 is 4.74 Å². The van der Waals surface area contributed by atoms with Crippen LogP contribution >= 0.6 is 0 Å². The third kappa shape index (κ3) is 11.9. The number of benzene rings is 2. The molecule has 0 aliphatic heterocycles. The Kier molecular flexibility index (Phi) is 14.3. The summed E-state index contributed by atoms with van der Waals surface area (Å²) in [5, 5.41) is 8.91. The zero-order valence-electron chi connectivity index (χ0n) is 21.2. The van der Waals surface area contributed by atoms with Crippen LogP contribution in [0.5, 0.6) is 5.75 Å². The highest BCUT2D eigenvalue weighted by Gasteiger charge is 2.00. The van der Waals surface area contributed by atoms with Gasteiger partial charge in [0.15, 0.2) is 0 Å². The quantitative estimate of drug-likeness (QED) is 0.155. The van der Waals surface area contributed by atoms with E-state index in [0.717, 1.165) is 42.1 Å². The van der Waals surface area contributed by atoms with E-state index in [1.807, 2.05) is 36.4 Å². The van der Waals surface area contributed by atoms with Crippen LogP contribution in [0.3, 0.4) is 0 Å². The Bertz CT molecular complexity index is 833. The van der Waals surface area contributed by atoms with Gasteiger partial charge in [-0.2, -0.15) is 5.26 Å². The third-order valence-electron chi connectivity index (χ3n) is 6.36. The molecule has 0 heterocycles. The Morgan fingerprint density at radius 3 is 1.59 bits per heavy atom. The van der Waals surface area contributed by atoms with Crippen molar-refractivity contribution in [2.24, 2.45) is 0 Å². The number of methoxy groups -OCH3 is 1. The van der Waals surface area contributed by atoms with E-state index in [9.17, 15) is 0 Å². The summed E-state index contributed by atoms with van der Waals surface area (Å²) in [6.45, 7) is 4.66. The highest BCUT2D eigenvalue weighted by molar-refractivity contribution is 5.64. The molecule has 0 atom stereocenters. The Labute approximate surface area is 207 Å². The number of ether oxygens (including phenoxy) is 2. The molecular formula is C31H43NO2. The van der Waals surface area contributed by atoms with E-state index in [-0.39, 0.29) is 0 Å². The summed E-state index contributed by atoms with van der Waals surface area (Å²) in [6, 6.07) is 18.1. The highest BCUT2D eigenvalue weighted by Crippen LogP contribution is 2.23. The lowest BCUT2D eigenvalue weighted by molar-refractivity contribution is 0.276. The fourth-order valence-corrected chi connectivity index (χ4v) is 4.14. The molecule has 0 aliphatic carbocycles. The van der Waals surface area contributed by atoms with E-state index in [4.69, 9.17) is 14.7 Å². The van der Waals surface area contributed by atoms with Crippen molar-refractivity contribution in [3.8, 4) is 22.9 Å². The van der Waals surface area contributed by atoms with Gasteiger partial charge in [-0.15, -0.1) is 0 Å². The molecule has 0 unspecified atom stereocenters. The molecule has 3 nitrogen and oxygen atoms in total. The maximum Gasteiger partial charge on any atom is 0.119 e. The van der Waals surface area contributed by atoms with Crippen molar-refractivity contribution in [3.05, 3.63) is 66.4 Å². The van der Waals surface area contributed by atoms with Crippen LogP contribution in [0.4, 0.5) is 0 Å². The number of nitrogens with zero attached hydrogens (tertiary/aromatic N) is 1. The molecule has 34 heavy (non-hydrogen) atoms. The van der Waals surface area contributed by atoms with Gasteiger partial charge in [0, 0.05) is 6.42 Å². The fourth-order valence-electron chi connectivity index (χ4n) is 4.14. The first kappa shape index (κ1) is 27.5. The van der Waals surface area contributed by atoms with Gasteiger partial charge in [0.05, 0.1) is 31.1 Å². The monoisotopic (exact) mass is 461 g/mol. The normalized spacial score (nSPS) is 10.6. The second kappa shape index (κ2) is 17.7. The Hall–Kier alpha value is -2.73. The van der Waals surface area contributed by atoms with E-state index in [1.165, 1.54) is 77.0 Å². The molecule has 2 aromatic carbocycles. The standard InChI is InChI=1S/C31H43NO2/c1-27(33-2)16-14-12-10-8-6-4-3-5-7-9-11-13-15-25-34-31-23-21-30(22-24-31)29-19-17-28(26-32)18-20-29/h17-24H,1,3-16,25H2,2H3. The van der Waals surface area contributed by atoms with Gasteiger partial charge in [0.25, 0.3) is 0 Å². The van der Waals surface area contributed by atoms with Gasteiger partial charge >= 0.3 is 0 Å². The van der Waals surface area contributed by atoms with Crippen LogP contribution in [0.2, 0.25) is 0 Å². The molecule has 0 radical (unpaired) electrons. The average molecular weight is 462 g/mol. The molecule has 0 aliphatic rings. The lowest BCUT2D eigenvalue weighted by Crippen LogP contribution is -1.97. The van der Waals surface area contributed by atoms with Crippen molar-refractivity contribution in [1.82, 2.24) is 0 Å². The number of rotatable bonds is 19. The zero-order valence-corrected chi connectivity index (χ0v) is 21.2. The SMILES string of the molecule is C=C(CCCCCCCCCCCCCCCOc1ccc(-c2ccc(C#N)cc2)cc1)OC. The maximum absolute atomic E-state index is 8.91.